The quantitative estimate of drug-likeness (QED) is 0.427. The lowest BCUT2D eigenvalue weighted by atomic mass is 10.0. The van der Waals surface area contributed by atoms with Gasteiger partial charge in [0, 0.05) is 18.2 Å². The zero-order chi connectivity index (χ0) is 21.3. The van der Waals surface area contributed by atoms with Crippen molar-refractivity contribution in [2.75, 3.05) is 11.9 Å². The second-order valence-electron chi connectivity index (χ2n) is 6.68. The molecule has 2 aromatic heterocycles. The molecule has 4 N–H and O–H groups in total. The molecule has 7 nitrogen and oxygen atoms in total. The van der Waals surface area contributed by atoms with Crippen molar-refractivity contribution in [1.82, 2.24) is 15.2 Å². The van der Waals surface area contributed by atoms with Gasteiger partial charge in [-0.3, -0.25) is 4.98 Å². The maximum absolute atomic E-state index is 12.6. The number of fused-ring (bicyclic) bond motifs is 1. The minimum atomic E-state index is -4.35. The summed E-state index contributed by atoms with van der Waals surface area (Å²) in [5, 5.41) is 12.5. The summed E-state index contributed by atoms with van der Waals surface area (Å²) in [5.74, 6) is -0.524. The van der Waals surface area contributed by atoms with Crippen LogP contribution in [0.15, 0.2) is 51.7 Å². The van der Waals surface area contributed by atoms with Crippen LogP contribution in [0, 0.1) is 0 Å². The molecular formula is C19H16F3N5O2S. The molecular weight excluding hydrogens is 419 g/mol. The lowest BCUT2D eigenvalue weighted by Crippen LogP contribution is -2.31. The molecule has 0 amide bonds. The third-order valence-electron chi connectivity index (χ3n) is 4.39. The number of hydrogen-bond acceptors (Lipinski definition) is 7. The van der Waals surface area contributed by atoms with Gasteiger partial charge in [-0.15, -0.1) is 10.2 Å². The van der Waals surface area contributed by atoms with Crippen molar-refractivity contribution >= 4 is 27.6 Å². The normalized spacial score (nSPS) is 12.9. The Morgan fingerprint density at radius 1 is 1.17 bits per heavy atom. The Balaban J connectivity index is 1.36. The average Bonchev–Trinajstić information content (AvgIpc) is 3.31. The molecule has 0 radical (unpaired) electrons. The van der Waals surface area contributed by atoms with E-state index in [1.54, 1.807) is 18.2 Å². The van der Waals surface area contributed by atoms with Crippen molar-refractivity contribution in [1.29, 1.82) is 0 Å². The third kappa shape index (κ3) is 4.52. The topological polar surface area (TPSA) is 110 Å². The molecule has 1 unspecified atom stereocenters. The maximum atomic E-state index is 12.6. The van der Waals surface area contributed by atoms with Gasteiger partial charge in [-0.2, -0.15) is 13.2 Å². The van der Waals surface area contributed by atoms with E-state index in [1.807, 2.05) is 0 Å². The van der Waals surface area contributed by atoms with Gasteiger partial charge in [0.1, 0.15) is 5.01 Å². The van der Waals surface area contributed by atoms with Crippen LogP contribution in [0.5, 0.6) is 0 Å². The van der Waals surface area contributed by atoms with Gasteiger partial charge in [0.25, 0.3) is 0 Å². The van der Waals surface area contributed by atoms with E-state index in [-0.39, 0.29) is 6.04 Å². The number of halogens is 3. The second kappa shape index (κ2) is 7.92. The SMILES string of the molecule is NC(CNc1nnc(-c2ccc3[nH]c(=O)oc3c2)s1)Cc1ccc(C(F)(F)F)cc1. The minimum Gasteiger partial charge on any atom is -0.408 e. The molecule has 0 aliphatic rings. The summed E-state index contributed by atoms with van der Waals surface area (Å²) >= 11 is 1.31. The first kappa shape index (κ1) is 20.1. The van der Waals surface area contributed by atoms with Crippen LogP contribution in [0.3, 0.4) is 0 Å². The summed E-state index contributed by atoms with van der Waals surface area (Å²) in [4.78, 5) is 13.8. The zero-order valence-corrected chi connectivity index (χ0v) is 16.2. The van der Waals surface area contributed by atoms with E-state index in [4.69, 9.17) is 10.2 Å². The number of nitrogens with one attached hydrogen (secondary N) is 2. The van der Waals surface area contributed by atoms with Gasteiger partial charge in [0.05, 0.1) is 11.1 Å². The van der Waals surface area contributed by atoms with Crippen molar-refractivity contribution < 1.29 is 17.6 Å². The van der Waals surface area contributed by atoms with E-state index in [2.05, 4.69) is 20.5 Å². The number of alkyl halides is 3. The highest BCUT2D eigenvalue weighted by Gasteiger charge is 2.29. The molecule has 2 heterocycles. The van der Waals surface area contributed by atoms with Crippen LogP contribution in [0.25, 0.3) is 21.7 Å². The molecule has 0 saturated carbocycles. The Kier molecular flexibility index (Phi) is 5.31. The lowest BCUT2D eigenvalue weighted by Gasteiger charge is -2.13. The number of aromatic nitrogens is 3. The van der Waals surface area contributed by atoms with Crippen LogP contribution in [0.1, 0.15) is 11.1 Å². The number of aromatic amines is 1. The summed E-state index contributed by atoms with van der Waals surface area (Å²) in [6, 6.07) is 9.88. The number of rotatable bonds is 6. The fourth-order valence-electron chi connectivity index (χ4n) is 2.91. The van der Waals surface area contributed by atoms with Crippen molar-refractivity contribution in [2.24, 2.45) is 5.73 Å². The summed E-state index contributed by atoms with van der Waals surface area (Å²) in [7, 11) is 0. The average molecular weight is 435 g/mol. The molecule has 0 aliphatic heterocycles. The largest absolute Gasteiger partial charge is 0.417 e. The molecule has 11 heteroatoms. The van der Waals surface area contributed by atoms with Crippen LogP contribution < -0.4 is 16.8 Å². The van der Waals surface area contributed by atoms with Gasteiger partial charge in [-0.25, -0.2) is 4.79 Å². The maximum Gasteiger partial charge on any atom is 0.417 e. The number of oxazole rings is 1. The van der Waals surface area contributed by atoms with E-state index in [9.17, 15) is 18.0 Å². The zero-order valence-electron chi connectivity index (χ0n) is 15.4. The van der Waals surface area contributed by atoms with E-state index in [0.717, 1.165) is 23.3 Å². The molecule has 0 fully saturated rings. The number of benzene rings is 2. The fourth-order valence-corrected chi connectivity index (χ4v) is 3.66. The number of nitrogens with zero attached hydrogens (tertiary/aromatic N) is 2. The molecule has 0 saturated heterocycles. The molecule has 0 bridgehead atoms. The third-order valence-corrected chi connectivity index (χ3v) is 5.32. The Labute approximate surface area is 171 Å². The predicted octanol–water partition coefficient (Wildman–Crippen LogP) is 3.64. The first-order valence-electron chi connectivity index (χ1n) is 8.90. The standard InChI is InChI=1S/C19H16F3N5O2S/c20-19(21,22)12-4-1-10(2-5-12)7-13(23)9-24-17-27-26-16(30-17)11-3-6-14-15(8-11)29-18(28)25-14/h1-6,8,13H,7,9,23H2,(H,24,27)(H,25,28). The Morgan fingerprint density at radius 3 is 2.67 bits per heavy atom. The lowest BCUT2D eigenvalue weighted by molar-refractivity contribution is -0.137. The number of anilines is 1. The van der Waals surface area contributed by atoms with Crippen LogP contribution in [-0.2, 0) is 12.6 Å². The van der Waals surface area contributed by atoms with Gasteiger partial charge in [-0.1, -0.05) is 23.5 Å². The molecule has 2 aromatic carbocycles. The van der Waals surface area contributed by atoms with Crippen molar-refractivity contribution in [3.63, 3.8) is 0 Å². The van der Waals surface area contributed by atoms with Gasteiger partial charge in [-0.05, 0) is 42.3 Å². The Hall–Kier alpha value is -3.18. The van der Waals surface area contributed by atoms with Gasteiger partial charge >= 0.3 is 11.9 Å². The molecule has 4 aromatic rings. The molecule has 0 spiro atoms. The van der Waals surface area contributed by atoms with Crippen molar-refractivity contribution in [2.45, 2.75) is 18.6 Å². The van der Waals surface area contributed by atoms with E-state index < -0.39 is 17.5 Å². The highest BCUT2D eigenvalue weighted by molar-refractivity contribution is 7.18. The van der Waals surface area contributed by atoms with Crippen LogP contribution in [-0.4, -0.2) is 27.8 Å². The summed E-state index contributed by atoms with van der Waals surface area (Å²) < 4.78 is 42.9. The van der Waals surface area contributed by atoms with Crippen LogP contribution in [0.2, 0.25) is 0 Å². The van der Waals surface area contributed by atoms with E-state index >= 15 is 0 Å². The monoisotopic (exact) mass is 435 g/mol. The smallest absolute Gasteiger partial charge is 0.408 e. The molecule has 4 rings (SSSR count). The fraction of sp³-hybridized carbons (Fsp3) is 0.211. The van der Waals surface area contributed by atoms with E-state index in [1.165, 1.54) is 23.5 Å². The van der Waals surface area contributed by atoms with Crippen molar-refractivity contribution in [3.8, 4) is 10.6 Å². The summed E-state index contributed by atoms with van der Waals surface area (Å²) in [6.45, 7) is 0.376. The van der Waals surface area contributed by atoms with Gasteiger partial charge in [0.15, 0.2) is 5.58 Å². The van der Waals surface area contributed by atoms with Gasteiger partial charge in [0.2, 0.25) is 5.13 Å². The molecule has 156 valence electrons. The number of hydrogen-bond donors (Lipinski definition) is 3. The predicted molar refractivity (Wildman–Crippen MR) is 107 cm³/mol. The molecule has 1 atom stereocenters. The molecule has 30 heavy (non-hydrogen) atoms. The number of nitrogens with two attached hydrogens (primary N) is 1. The van der Waals surface area contributed by atoms with Crippen LogP contribution in [0.4, 0.5) is 18.3 Å². The Morgan fingerprint density at radius 2 is 1.93 bits per heavy atom. The Bertz CT molecular complexity index is 1210. The van der Waals surface area contributed by atoms with Gasteiger partial charge < -0.3 is 15.5 Å². The first-order chi connectivity index (χ1) is 14.3. The summed E-state index contributed by atoms with van der Waals surface area (Å²) in [6.07, 6.45) is -3.94. The van der Waals surface area contributed by atoms with Crippen LogP contribution >= 0.6 is 11.3 Å². The second-order valence-corrected chi connectivity index (χ2v) is 7.66. The molecule has 0 aliphatic carbocycles. The minimum absolute atomic E-state index is 0.320. The van der Waals surface area contributed by atoms with E-state index in [0.29, 0.717) is 34.2 Å². The first-order valence-corrected chi connectivity index (χ1v) is 9.72. The highest BCUT2D eigenvalue weighted by Crippen LogP contribution is 2.30. The highest BCUT2D eigenvalue weighted by atomic mass is 32.1. The summed E-state index contributed by atoms with van der Waals surface area (Å²) in [5.41, 5.74) is 7.91. The number of H-pyrrole nitrogens is 1. The van der Waals surface area contributed by atoms with Crippen molar-refractivity contribution in [3.05, 3.63) is 64.1 Å².